The molecule has 9 nitrogen and oxygen atoms in total. The molecule has 35 heavy (non-hydrogen) atoms. The molecule has 180 valence electrons. The van der Waals surface area contributed by atoms with Crippen molar-refractivity contribution in [2.45, 2.75) is 64.8 Å². The predicted octanol–water partition coefficient (Wildman–Crippen LogP) is 4.67. The Morgan fingerprint density at radius 2 is 1.91 bits per heavy atom. The molecule has 1 aliphatic rings. The standard InChI is InChI=1S/C26H30N8O/c1-2-6-24-28-26(23(35)15-18-7-4-3-5-8-18)31-34(24)17-19-9-11-20(12-10-19)21-13-14-27-16-22(21)25-29-32-33-30-25/h9-14,16,18H,2-8,15,17H2,1H3,(H,29,30,32,33). The highest BCUT2D eigenvalue weighted by Crippen LogP contribution is 2.29. The van der Waals surface area contributed by atoms with E-state index in [1.54, 1.807) is 12.4 Å². The number of aromatic nitrogens is 8. The summed E-state index contributed by atoms with van der Waals surface area (Å²) in [5.41, 5.74) is 3.93. The number of nitrogens with one attached hydrogen (secondary N) is 1. The van der Waals surface area contributed by atoms with E-state index < -0.39 is 0 Å². The van der Waals surface area contributed by atoms with Gasteiger partial charge in [0.05, 0.1) is 6.54 Å². The Bertz CT molecular complexity index is 1260. The van der Waals surface area contributed by atoms with E-state index in [4.69, 9.17) is 0 Å². The highest BCUT2D eigenvalue weighted by Gasteiger charge is 2.22. The molecule has 1 N–H and O–H groups in total. The first-order chi connectivity index (χ1) is 17.2. The molecule has 0 atom stereocenters. The maximum absolute atomic E-state index is 12.9. The molecule has 0 saturated heterocycles. The summed E-state index contributed by atoms with van der Waals surface area (Å²) >= 11 is 0. The van der Waals surface area contributed by atoms with Crippen molar-refractivity contribution in [3.63, 3.8) is 0 Å². The van der Waals surface area contributed by atoms with Gasteiger partial charge < -0.3 is 0 Å². The van der Waals surface area contributed by atoms with Crippen molar-refractivity contribution in [2.75, 3.05) is 0 Å². The molecular weight excluding hydrogens is 440 g/mol. The van der Waals surface area contributed by atoms with Gasteiger partial charge in [-0.3, -0.25) is 9.78 Å². The number of rotatable bonds is 9. The summed E-state index contributed by atoms with van der Waals surface area (Å²) in [6, 6.07) is 10.2. The maximum Gasteiger partial charge on any atom is 0.217 e. The number of hydrogen-bond donors (Lipinski definition) is 1. The average Bonchev–Trinajstić information content (AvgIpc) is 3.56. The number of aryl methyl sites for hydroxylation is 1. The van der Waals surface area contributed by atoms with Crippen LogP contribution in [0.4, 0.5) is 0 Å². The molecule has 3 aromatic heterocycles. The van der Waals surface area contributed by atoms with E-state index in [1.165, 1.54) is 19.3 Å². The van der Waals surface area contributed by atoms with Crippen molar-refractivity contribution in [1.29, 1.82) is 0 Å². The molecule has 0 radical (unpaired) electrons. The summed E-state index contributed by atoms with van der Waals surface area (Å²) in [4.78, 5) is 21.8. The van der Waals surface area contributed by atoms with Gasteiger partial charge in [0.15, 0.2) is 0 Å². The summed E-state index contributed by atoms with van der Waals surface area (Å²) in [7, 11) is 0. The summed E-state index contributed by atoms with van der Waals surface area (Å²) < 4.78 is 1.89. The lowest BCUT2D eigenvalue weighted by atomic mass is 9.86. The molecule has 4 aromatic rings. The van der Waals surface area contributed by atoms with Gasteiger partial charge in [-0.1, -0.05) is 63.3 Å². The Morgan fingerprint density at radius 3 is 2.66 bits per heavy atom. The monoisotopic (exact) mass is 470 g/mol. The lowest BCUT2D eigenvalue weighted by Gasteiger charge is -2.19. The van der Waals surface area contributed by atoms with Crippen molar-refractivity contribution in [3.05, 3.63) is 59.9 Å². The van der Waals surface area contributed by atoms with E-state index in [1.807, 2.05) is 10.7 Å². The highest BCUT2D eigenvalue weighted by molar-refractivity contribution is 5.92. The number of nitrogens with zero attached hydrogens (tertiary/aromatic N) is 7. The minimum absolute atomic E-state index is 0.0787. The fraction of sp³-hybridized carbons (Fsp3) is 0.423. The van der Waals surface area contributed by atoms with E-state index in [9.17, 15) is 4.79 Å². The van der Waals surface area contributed by atoms with E-state index >= 15 is 0 Å². The number of carbonyl (C=O) groups excluding carboxylic acids is 1. The van der Waals surface area contributed by atoms with Crippen molar-refractivity contribution >= 4 is 5.78 Å². The normalized spacial score (nSPS) is 14.3. The molecule has 0 amide bonds. The lowest BCUT2D eigenvalue weighted by molar-refractivity contribution is 0.0939. The minimum atomic E-state index is 0.0787. The number of H-pyrrole nitrogens is 1. The smallest absolute Gasteiger partial charge is 0.217 e. The van der Waals surface area contributed by atoms with Gasteiger partial charge in [-0.25, -0.2) is 9.67 Å². The Balaban J connectivity index is 1.34. The topological polar surface area (TPSA) is 115 Å². The van der Waals surface area contributed by atoms with Gasteiger partial charge >= 0.3 is 0 Å². The van der Waals surface area contributed by atoms with Crippen LogP contribution in [0.25, 0.3) is 22.5 Å². The van der Waals surface area contributed by atoms with Crippen LogP contribution < -0.4 is 0 Å². The molecule has 5 rings (SSSR count). The van der Waals surface area contributed by atoms with E-state index in [-0.39, 0.29) is 5.78 Å². The third kappa shape index (κ3) is 5.34. The van der Waals surface area contributed by atoms with Crippen molar-refractivity contribution in [3.8, 4) is 22.5 Å². The average molecular weight is 471 g/mol. The third-order valence-electron chi connectivity index (χ3n) is 6.67. The molecular formula is C26H30N8O. The Hall–Kier alpha value is -3.75. The zero-order chi connectivity index (χ0) is 24.0. The highest BCUT2D eigenvalue weighted by atomic mass is 16.1. The summed E-state index contributed by atoms with van der Waals surface area (Å²) in [6.07, 6.45) is 11.9. The van der Waals surface area contributed by atoms with Gasteiger partial charge in [0, 0.05) is 30.8 Å². The fourth-order valence-electron chi connectivity index (χ4n) is 4.84. The number of pyridine rings is 1. The van der Waals surface area contributed by atoms with Crippen LogP contribution in [0.3, 0.4) is 0 Å². The number of aromatic amines is 1. The van der Waals surface area contributed by atoms with Gasteiger partial charge in [-0.05, 0) is 40.3 Å². The number of benzene rings is 1. The maximum atomic E-state index is 12.9. The van der Waals surface area contributed by atoms with Gasteiger partial charge in [0.2, 0.25) is 17.4 Å². The molecule has 0 spiro atoms. The Morgan fingerprint density at radius 1 is 1.09 bits per heavy atom. The van der Waals surface area contributed by atoms with Gasteiger partial charge in [0.25, 0.3) is 0 Å². The molecule has 9 heteroatoms. The second-order valence-electron chi connectivity index (χ2n) is 9.24. The zero-order valence-corrected chi connectivity index (χ0v) is 20.0. The molecule has 3 heterocycles. The van der Waals surface area contributed by atoms with Gasteiger partial charge in [-0.15, -0.1) is 15.3 Å². The molecule has 0 bridgehead atoms. The van der Waals surface area contributed by atoms with E-state index in [2.05, 4.69) is 66.9 Å². The summed E-state index contributed by atoms with van der Waals surface area (Å²) in [6.45, 7) is 2.70. The van der Waals surface area contributed by atoms with Crippen LogP contribution in [0.1, 0.15) is 73.9 Å². The third-order valence-corrected chi connectivity index (χ3v) is 6.67. The molecule has 1 aromatic carbocycles. The number of Topliss-reactive ketones (excluding diaryl/α,β-unsaturated/α-hetero) is 1. The molecule has 1 saturated carbocycles. The zero-order valence-electron chi connectivity index (χ0n) is 20.0. The van der Waals surface area contributed by atoms with Crippen LogP contribution in [0, 0.1) is 5.92 Å². The second-order valence-corrected chi connectivity index (χ2v) is 9.24. The van der Waals surface area contributed by atoms with E-state index in [0.29, 0.717) is 30.5 Å². The van der Waals surface area contributed by atoms with Crippen LogP contribution >= 0.6 is 0 Å². The van der Waals surface area contributed by atoms with Gasteiger partial charge in [0.1, 0.15) is 5.82 Å². The summed E-state index contributed by atoms with van der Waals surface area (Å²) in [5, 5.41) is 19.0. The molecule has 1 fully saturated rings. The van der Waals surface area contributed by atoms with E-state index in [0.717, 1.165) is 53.8 Å². The fourth-order valence-corrected chi connectivity index (χ4v) is 4.84. The Kier molecular flexibility index (Phi) is 7.02. The quantitative estimate of drug-likeness (QED) is 0.353. The van der Waals surface area contributed by atoms with Crippen LogP contribution in [0.2, 0.25) is 0 Å². The molecule has 1 aliphatic carbocycles. The van der Waals surface area contributed by atoms with Crippen LogP contribution in [-0.2, 0) is 13.0 Å². The molecule has 0 unspecified atom stereocenters. The lowest BCUT2D eigenvalue weighted by Crippen LogP contribution is -2.13. The van der Waals surface area contributed by atoms with Crippen molar-refractivity contribution in [2.24, 2.45) is 5.92 Å². The second kappa shape index (κ2) is 10.7. The number of tetrazole rings is 1. The van der Waals surface area contributed by atoms with Gasteiger partial charge in [-0.2, -0.15) is 5.21 Å². The molecule has 0 aliphatic heterocycles. The van der Waals surface area contributed by atoms with Crippen LogP contribution in [0.5, 0.6) is 0 Å². The predicted molar refractivity (Wildman–Crippen MR) is 131 cm³/mol. The summed E-state index contributed by atoms with van der Waals surface area (Å²) in [5.74, 6) is 2.31. The number of ketones is 1. The first-order valence-electron chi connectivity index (χ1n) is 12.5. The van der Waals surface area contributed by atoms with Crippen molar-refractivity contribution < 1.29 is 4.79 Å². The van der Waals surface area contributed by atoms with Crippen LogP contribution in [-0.4, -0.2) is 46.2 Å². The van der Waals surface area contributed by atoms with Crippen molar-refractivity contribution in [1.82, 2.24) is 40.4 Å². The SMILES string of the molecule is CCCc1nc(C(=O)CC2CCCCC2)nn1Cc1ccc(-c2ccncc2-c2nn[nH]n2)cc1. The first-order valence-corrected chi connectivity index (χ1v) is 12.5. The Labute approximate surface area is 204 Å². The minimum Gasteiger partial charge on any atom is -0.291 e. The largest absolute Gasteiger partial charge is 0.291 e. The van der Waals surface area contributed by atoms with Crippen LogP contribution in [0.15, 0.2) is 42.7 Å². The number of hydrogen-bond acceptors (Lipinski definition) is 7. The number of carbonyl (C=O) groups is 1. The first kappa shape index (κ1) is 23.0.